The average molecular weight is 809 g/mol. The van der Waals surface area contributed by atoms with Crippen molar-refractivity contribution >= 4 is 23.9 Å². The number of carbonyl (C=O) groups excluding carboxylic acids is 3. The van der Waals surface area contributed by atoms with Crippen molar-refractivity contribution in [2.24, 2.45) is 11.8 Å². The summed E-state index contributed by atoms with van der Waals surface area (Å²) < 4.78 is 59.8. The number of allylic oxidation sites excluding steroid dienone is 2. The van der Waals surface area contributed by atoms with Crippen molar-refractivity contribution in [3.63, 3.8) is 0 Å². The first-order valence-corrected chi connectivity index (χ1v) is 18.1. The van der Waals surface area contributed by atoms with E-state index in [2.05, 4.69) is 10.2 Å². The number of esters is 2. The first-order chi connectivity index (χ1) is 27.2. The summed E-state index contributed by atoms with van der Waals surface area (Å²) in [4.78, 5) is 50.6. The zero-order chi connectivity index (χ0) is 41.8. The number of ether oxygens (including phenoxy) is 4. The Balaban J connectivity index is 1.34. The minimum Gasteiger partial charge on any atom is -0.493 e. The monoisotopic (exact) mass is 808 g/mol. The Morgan fingerprint density at radius 2 is 1.81 bits per heavy atom. The number of methoxy groups -OCH3 is 1. The van der Waals surface area contributed by atoms with Gasteiger partial charge in [0.2, 0.25) is 5.91 Å². The van der Waals surface area contributed by atoms with Crippen molar-refractivity contribution in [1.82, 2.24) is 5.32 Å². The molecule has 15 nitrogen and oxygen atoms in total. The molecule has 0 bridgehead atoms. The van der Waals surface area contributed by atoms with Crippen molar-refractivity contribution in [2.75, 3.05) is 33.5 Å². The second-order valence-corrected chi connectivity index (χ2v) is 12.9. The lowest BCUT2D eigenvalue weighted by molar-refractivity contribution is -0.757. The van der Waals surface area contributed by atoms with Gasteiger partial charge in [0, 0.05) is 25.2 Å². The SMILES string of the molecule is COc1cc(/C=C/COC(=O)CCCO[N+](=O)[O-])ccc1OC(=O)CNC(=O)CCC/C=C\C[C@@H]1[C@@H](/C=C/[C@@H](O)COc2cccc(C(F)(F)F)c2)[C@H](O)C[C@@H]1O. The fourth-order valence-electron chi connectivity index (χ4n) is 5.76. The van der Waals surface area contributed by atoms with Crippen molar-refractivity contribution in [1.29, 1.82) is 0 Å². The van der Waals surface area contributed by atoms with E-state index in [-0.39, 0.29) is 81.1 Å². The van der Waals surface area contributed by atoms with E-state index in [0.29, 0.717) is 24.8 Å². The zero-order valence-electron chi connectivity index (χ0n) is 31.2. The Kier molecular flexibility index (Phi) is 19.0. The third kappa shape index (κ3) is 17.1. The largest absolute Gasteiger partial charge is 0.493 e. The number of carbonyl (C=O) groups is 3. The lowest BCUT2D eigenvalue weighted by Crippen LogP contribution is -2.31. The molecule has 1 aliphatic rings. The molecule has 0 radical (unpaired) electrons. The molecule has 0 aliphatic heterocycles. The van der Waals surface area contributed by atoms with Crippen LogP contribution in [0.25, 0.3) is 6.08 Å². The van der Waals surface area contributed by atoms with Gasteiger partial charge in [-0.05, 0) is 73.6 Å². The number of halogens is 3. The molecule has 18 heteroatoms. The van der Waals surface area contributed by atoms with E-state index < -0.39 is 53.0 Å². The van der Waals surface area contributed by atoms with Crippen molar-refractivity contribution < 1.29 is 71.7 Å². The van der Waals surface area contributed by atoms with Crippen LogP contribution < -0.4 is 19.5 Å². The molecule has 1 aliphatic carbocycles. The predicted molar refractivity (Wildman–Crippen MR) is 197 cm³/mol. The lowest BCUT2D eigenvalue weighted by atomic mass is 9.89. The molecule has 5 atom stereocenters. The van der Waals surface area contributed by atoms with E-state index in [0.717, 1.165) is 12.1 Å². The number of nitrogens with zero attached hydrogens (tertiary/aromatic N) is 1. The maximum absolute atomic E-state index is 12.9. The summed E-state index contributed by atoms with van der Waals surface area (Å²) in [6.07, 6.45) is 4.28. The number of aliphatic hydroxyl groups is 3. The molecule has 0 saturated heterocycles. The van der Waals surface area contributed by atoms with E-state index in [9.17, 15) is 53.0 Å². The van der Waals surface area contributed by atoms with Gasteiger partial charge >= 0.3 is 18.1 Å². The van der Waals surface area contributed by atoms with Gasteiger partial charge in [-0.25, -0.2) is 4.79 Å². The van der Waals surface area contributed by atoms with Crippen LogP contribution in [0.4, 0.5) is 13.2 Å². The molecule has 3 rings (SSSR count). The van der Waals surface area contributed by atoms with Gasteiger partial charge in [-0.3, -0.25) is 9.59 Å². The number of benzene rings is 2. The number of aliphatic hydroxyl groups excluding tert-OH is 3. The minimum atomic E-state index is -4.53. The summed E-state index contributed by atoms with van der Waals surface area (Å²) in [7, 11) is 1.39. The Morgan fingerprint density at radius 1 is 1.02 bits per heavy atom. The smallest absolute Gasteiger partial charge is 0.416 e. The topological polar surface area (TPSA) is 213 Å². The highest BCUT2D eigenvalue weighted by Gasteiger charge is 2.39. The molecule has 1 amide bonds. The molecule has 0 aromatic heterocycles. The van der Waals surface area contributed by atoms with Gasteiger partial charge in [-0.1, -0.05) is 42.5 Å². The number of nitrogens with one attached hydrogen (secondary N) is 1. The van der Waals surface area contributed by atoms with Crippen LogP contribution in [-0.4, -0.2) is 90.0 Å². The van der Waals surface area contributed by atoms with Crippen LogP contribution in [0.15, 0.2) is 72.8 Å². The van der Waals surface area contributed by atoms with E-state index >= 15 is 0 Å². The zero-order valence-corrected chi connectivity index (χ0v) is 31.2. The Morgan fingerprint density at radius 3 is 2.54 bits per heavy atom. The molecule has 0 spiro atoms. The summed E-state index contributed by atoms with van der Waals surface area (Å²) in [5.74, 6) is -2.15. The first kappa shape index (κ1) is 45.9. The molecular formula is C39H47F3N2O13. The summed E-state index contributed by atoms with van der Waals surface area (Å²) in [6.45, 7) is -0.940. The molecule has 1 saturated carbocycles. The molecule has 57 heavy (non-hydrogen) atoms. The van der Waals surface area contributed by atoms with Gasteiger partial charge in [-0.2, -0.15) is 13.2 Å². The van der Waals surface area contributed by atoms with Crippen LogP contribution in [-0.2, 0) is 30.1 Å². The predicted octanol–water partition coefficient (Wildman–Crippen LogP) is 4.75. The number of hydrogen-bond donors (Lipinski definition) is 4. The number of alkyl halides is 3. The molecule has 312 valence electrons. The highest BCUT2D eigenvalue weighted by Crippen LogP contribution is 2.36. The molecule has 4 N–H and O–H groups in total. The van der Waals surface area contributed by atoms with Crippen molar-refractivity contribution in [3.8, 4) is 17.2 Å². The summed E-state index contributed by atoms with van der Waals surface area (Å²) >= 11 is 0. The summed E-state index contributed by atoms with van der Waals surface area (Å²) in [5.41, 5.74) is -0.224. The second kappa shape index (κ2) is 23.6. The second-order valence-electron chi connectivity index (χ2n) is 12.9. The Hall–Kier alpha value is -5.46. The van der Waals surface area contributed by atoms with Gasteiger partial charge in [0.1, 0.15) is 31.6 Å². The molecule has 1 fully saturated rings. The van der Waals surface area contributed by atoms with Gasteiger partial charge in [0.05, 0.1) is 31.5 Å². The number of hydrogen-bond acceptors (Lipinski definition) is 13. The molecule has 0 heterocycles. The van der Waals surface area contributed by atoms with Gasteiger partial charge in [0.15, 0.2) is 11.5 Å². The maximum Gasteiger partial charge on any atom is 0.416 e. The highest BCUT2D eigenvalue weighted by molar-refractivity contribution is 5.83. The molecule has 2 aromatic carbocycles. The van der Waals surface area contributed by atoms with Crippen LogP contribution >= 0.6 is 0 Å². The number of rotatable bonds is 23. The van der Waals surface area contributed by atoms with Gasteiger partial charge in [0.25, 0.3) is 5.09 Å². The van der Waals surface area contributed by atoms with Crippen LogP contribution in [0, 0.1) is 22.0 Å². The third-order valence-corrected chi connectivity index (χ3v) is 8.62. The lowest BCUT2D eigenvalue weighted by Gasteiger charge is -2.19. The Bertz CT molecular complexity index is 1720. The summed E-state index contributed by atoms with van der Waals surface area (Å²) in [5, 5.41) is 43.0. The van der Waals surface area contributed by atoms with Crippen molar-refractivity contribution in [2.45, 2.75) is 69.4 Å². The first-order valence-electron chi connectivity index (χ1n) is 18.1. The standard InChI is InChI=1S/C39H47F3N2O13/c1-53-35-21-26(9-7-19-54-37(49)14-8-20-56-44(51)52)15-18-34(35)57-38(50)24-43-36(48)13-5-3-2-4-12-30-31(33(47)23-32(30)46)17-16-28(45)25-55-29-11-6-10-27(22-29)39(40,41)42/h2,4,6-7,9-11,15-18,21-22,28,30-33,45-47H,3,5,8,12-14,19-20,23-25H2,1H3,(H,43,48)/b4-2-,9-7+,17-16+/t28-,30-,31-,32+,33-/m1/s1. The number of amides is 1. The molecular weight excluding hydrogens is 761 g/mol. The average Bonchev–Trinajstić information content (AvgIpc) is 3.44. The van der Waals surface area contributed by atoms with Crippen molar-refractivity contribution in [3.05, 3.63) is 94.1 Å². The van der Waals surface area contributed by atoms with Crippen LogP contribution in [0.2, 0.25) is 0 Å². The minimum absolute atomic E-state index is 0.0367. The summed E-state index contributed by atoms with van der Waals surface area (Å²) in [6, 6.07) is 9.02. The fourth-order valence-corrected chi connectivity index (χ4v) is 5.76. The van der Waals surface area contributed by atoms with Crippen LogP contribution in [0.5, 0.6) is 17.2 Å². The fraction of sp³-hybridized carbons (Fsp3) is 0.462. The van der Waals surface area contributed by atoms with E-state index in [1.54, 1.807) is 30.4 Å². The highest BCUT2D eigenvalue weighted by atomic mass is 19.4. The maximum atomic E-state index is 12.9. The number of unbranched alkanes of at least 4 members (excludes halogenated alkanes) is 1. The Labute approximate surface area is 326 Å². The molecule has 2 aromatic rings. The van der Waals surface area contributed by atoms with E-state index in [1.807, 2.05) is 12.2 Å². The van der Waals surface area contributed by atoms with Gasteiger partial charge < -0.3 is 44.4 Å². The quantitative estimate of drug-likeness (QED) is 0.0298. The van der Waals surface area contributed by atoms with E-state index in [1.165, 1.54) is 31.4 Å². The van der Waals surface area contributed by atoms with Gasteiger partial charge in [-0.15, -0.1) is 10.1 Å². The van der Waals surface area contributed by atoms with E-state index in [4.69, 9.17) is 18.9 Å². The molecule has 0 unspecified atom stereocenters. The van der Waals surface area contributed by atoms with Crippen LogP contribution in [0.3, 0.4) is 0 Å². The van der Waals surface area contributed by atoms with Crippen LogP contribution in [0.1, 0.15) is 56.1 Å². The normalized spacial score (nSPS) is 18.8. The third-order valence-electron chi connectivity index (χ3n) is 8.62.